The fourth-order valence-electron chi connectivity index (χ4n) is 2.51. The molecular formula is C21H24N2O5. The number of amides is 2. The summed E-state index contributed by atoms with van der Waals surface area (Å²) in [5, 5.41) is 2.72. The van der Waals surface area contributed by atoms with Gasteiger partial charge in [-0.1, -0.05) is 12.1 Å². The number of hydrogen-bond donors (Lipinski definition) is 1. The molecule has 0 aromatic heterocycles. The monoisotopic (exact) mass is 384 g/mol. The van der Waals surface area contributed by atoms with Crippen LogP contribution in [0, 0.1) is 0 Å². The van der Waals surface area contributed by atoms with Gasteiger partial charge in [0.25, 0.3) is 0 Å². The summed E-state index contributed by atoms with van der Waals surface area (Å²) in [4.78, 5) is 37.0. The van der Waals surface area contributed by atoms with Gasteiger partial charge >= 0.3 is 0 Å². The second-order valence-electron chi connectivity index (χ2n) is 6.09. The van der Waals surface area contributed by atoms with Crippen LogP contribution in [0.4, 0.5) is 5.69 Å². The molecule has 148 valence electrons. The molecule has 2 amide bonds. The molecule has 0 radical (unpaired) electrons. The maximum Gasteiger partial charge on any atom is 0.240 e. The van der Waals surface area contributed by atoms with Gasteiger partial charge < -0.3 is 19.7 Å². The third-order valence-corrected chi connectivity index (χ3v) is 4.00. The second-order valence-corrected chi connectivity index (χ2v) is 6.09. The number of anilines is 1. The van der Waals surface area contributed by atoms with Crippen LogP contribution in [-0.2, 0) is 9.59 Å². The normalized spacial score (nSPS) is 10.1. The molecule has 2 aromatic rings. The van der Waals surface area contributed by atoms with Gasteiger partial charge in [-0.25, -0.2) is 0 Å². The third-order valence-electron chi connectivity index (χ3n) is 4.00. The van der Waals surface area contributed by atoms with Crippen molar-refractivity contribution in [3.8, 4) is 11.5 Å². The van der Waals surface area contributed by atoms with Crippen molar-refractivity contribution in [2.45, 2.75) is 13.8 Å². The van der Waals surface area contributed by atoms with E-state index in [9.17, 15) is 14.4 Å². The first kappa shape index (κ1) is 21.0. The molecular weight excluding hydrogens is 360 g/mol. The first-order valence-electron chi connectivity index (χ1n) is 8.83. The predicted octanol–water partition coefficient (Wildman–Crippen LogP) is 2.45. The zero-order valence-electron chi connectivity index (χ0n) is 16.2. The predicted molar refractivity (Wildman–Crippen MR) is 106 cm³/mol. The number of Topliss-reactive ketones (excluding diaryl/α,β-unsaturated/α-hetero) is 1. The van der Waals surface area contributed by atoms with E-state index < -0.39 is 0 Å². The number of carbonyl (C=O) groups is 3. The Morgan fingerprint density at radius 3 is 2.29 bits per heavy atom. The van der Waals surface area contributed by atoms with Gasteiger partial charge in [-0.15, -0.1) is 0 Å². The van der Waals surface area contributed by atoms with Crippen molar-refractivity contribution < 1.29 is 23.9 Å². The van der Waals surface area contributed by atoms with Crippen molar-refractivity contribution in [2.24, 2.45) is 0 Å². The minimum atomic E-state index is -0.318. The first-order valence-corrected chi connectivity index (χ1v) is 8.83. The van der Waals surface area contributed by atoms with Crippen LogP contribution in [0.2, 0.25) is 0 Å². The number of benzene rings is 2. The van der Waals surface area contributed by atoms with Crippen LogP contribution in [0.15, 0.2) is 48.5 Å². The van der Waals surface area contributed by atoms with E-state index in [4.69, 9.17) is 9.47 Å². The second kappa shape index (κ2) is 10.1. The smallest absolute Gasteiger partial charge is 0.240 e. The Bertz CT molecular complexity index is 833. The SMILES string of the molecule is COc1ccc(OCCNC(=O)CN(C(C)=O)c2cccc(C(C)=O)c2)cc1. The minimum absolute atomic E-state index is 0.106. The summed E-state index contributed by atoms with van der Waals surface area (Å²) in [5.74, 6) is 0.692. The van der Waals surface area contributed by atoms with E-state index in [2.05, 4.69) is 5.32 Å². The molecule has 0 aliphatic rings. The highest BCUT2D eigenvalue weighted by molar-refractivity contribution is 6.00. The summed E-state index contributed by atoms with van der Waals surface area (Å²) in [6, 6.07) is 13.8. The van der Waals surface area contributed by atoms with Gasteiger partial charge in [0.1, 0.15) is 24.7 Å². The summed E-state index contributed by atoms with van der Waals surface area (Å²) in [6.45, 7) is 3.27. The Balaban J connectivity index is 1.86. The number of carbonyl (C=O) groups excluding carboxylic acids is 3. The molecule has 0 saturated carbocycles. The van der Waals surface area contributed by atoms with Crippen molar-refractivity contribution in [3.63, 3.8) is 0 Å². The largest absolute Gasteiger partial charge is 0.497 e. The molecule has 2 rings (SSSR count). The van der Waals surface area contributed by atoms with E-state index in [1.807, 2.05) is 0 Å². The van der Waals surface area contributed by atoms with Crippen molar-refractivity contribution in [3.05, 3.63) is 54.1 Å². The van der Waals surface area contributed by atoms with E-state index >= 15 is 0 Å². The number of nitrogens with zero attached hydrogens (tertiary/aromatic N) is 1. The molecule has 7 heteroatoms. The van der Waals surface area contributed by atoms with Crippen LogP contribution >= 0.6 is 0 Å². The molecule has 0 spiro atoms. The van der Waals surface area contributed by atoms with Gasteiger partial charge in [-0.05, 0) is 43.3 Å². The zero-order chi connectivity index (χ0) is 20.5. The quantitative estimate of drug-likeness (QED) is 0.530. The fourth-order valence-corrected chi connectivity index (χ4v) is 2.51. The van der Waals surface area contributed by atoms with Crippen LogP contribution in [0.5, 0.6) is 11.5 Å². The number of hydrogen-bond acceptors (Lipinski definition) is 5. The lowest BCUT2D eigenvalue weighted by molar-refractivity contribution is -0.123. The number of nitrogens with one attached hydrogen (secondary N) is 1. The van der Waals surface area contributed by atoms with Crippen molar-refractivity contribution in [1.82, 2.24) is 5.32 Å². The Kier molecular flexibility index (Phi) is 7.56. The molecule has 0 aliphatic carbocycles. The van der Waals surface area contributed by atoms with Crippen LogP contribution < -0.4 is 19.7 Å². The Hall–Kier alpha value is -3.35. The van der Waals surface area contributed by atoms with E-state index in [0.29, 0.717) is 23.5 Å². The van der Waals surface area contributed by atoms with Crippen molar-refractivity contribution >= 4 is 23.3 Å². The summed E-state index contributed by atoms with van der Waals surface area (Å²) < 4.78 is 10.6. The lowest BCUT2D eigenvalue weighted by atomic mass is 10.1. The summed E-state index contributed by atoms with van der Waals surface area (Å²) in [7, 11) is 1.59. The van der Waals surface area contributed by atoms with Gasteiger partial charge in [-0.3, -0.25) is 14.4 Å². The maximum absolute atomic E-state index is 12.2. The average Bonchev–Trinajstić information content (AvgIpc) is 2.69. The zero-order valence-corrected chi connectivity index (χ0v) is 16.2. The van der Waals surface area contributed by atoms with Crippen LogP contribution in [-0.4, -0.2) is 44.4 Å². The lowest BCUT2D eigenvalue weighted by Gasteiger charge is -2.21. The van der Waals surface area contributed by atoms with Gasteiger partial charge in [0.05, 0.1) is 13.7 Å². The van der Waals surface area contributed by atoms with Gasteiger partial charge in [0.15, 0.2) is 5.78 Å². The number of ether oxygens (including phenoxy) is 2. The molecule has 0 bridgehead atoms. The van der Waals surface area contributed by atoms with Crippen molar-refractivity contribution in [1.29, 1.82) is 0 Å². The summed E-state index contributed by atoms with van der Waals surface area (Å²) >= 11 is 0. The van der Waals surface area contributed by atoms with Crippen LogP contribution in [0.25, 0.3) is 0 Å². The van der Waals surface area contributed by atoms with Gasteiger partial charge in [0.2, 0.25) is 11.8 Å². The molecule has 2 aromatic carbocycles. The molecule has 0 saturated heterocycles. The molecule has 0 fully saturated rings. The third kappa shape index (κ3) is 6.12. The van der Waals surface area contributed by atoms with Crippen molar-refractivity contribution in [2.75, 3.05) is 31.7 Å². The Morgan fingerprint density at radius 2 is 1.68 bits per heavy atom. The first-order chi connectivity index (χ1) is 13.4. The summed E-state index contributed by atoms with van der Waals surface area (Å²) in [6.07, 6.45) is 0. The number of ketones is 1. The van der Waals surface area contributed by atoms with Gasteiger partial charge in [0, 0.05) is 18.2 Å². The molecule has 0 atom stereocenters. The number of methoxy groups -OCH3 is 1. The summed E-state index contributed by atoms with van der Waals surface area (Å²) in [5.41, 5.74) is 0.988. The van der Waals surface area contributed by atoms with E-state index in [0.717, 1.165) is 5.75 Å². The maximum atomic E-state index is 12.2. The lowest BCUT2D eigenvalue weighted by Crippen LogP contribution is -2.41. The highest BCUT2D eigenvalue weighted by atomic mass is 16.5. The molecule has 0 aliphatic heterocycles. The number of rotatable bonds is 9. The minimum Gasteiger partial charge on any atom is -0.497 e. The van der Waals surface area contributed by atoms with Gasteiger partial charge in [-0.2, -0.15) is 0 Å². The molecule has 1 N–H and O–H groups in total. The molecule has 7 nitrogen and oxygen atoms in total. The average molecular weight is 384 g/mol. The van der Waals surface area contributed by atoms with Crippen LogP contribution in [0.3, 0.4) is 0 Å². The Morgan fingerprint density at radius 1 is 1.00 bits per heavy atom. The molecule has 0 heterocycles. The standard InChI is InChI=1S/C21H24N2O5/c1-15(24)17-5-4-6-18(13-17)23(16(2)25)14-21(26)22-11-12-28-20-9-7-19(27-3)8-10-20/h4-10,13H,11-12,14H2,1-3H3,(H,22,26). The molecule has 28 heavy (non-hydrogen) atoms. The highest BCUT2D eigenvalue weighted by Crippen LogP contribution is 2.18. The fraction of sp³-hybridized carbons (Fsp3) is 0.286. The highest BCUT2D eigenvalue weighted by Gasteiger charge is 2.16. The van der Waals surface area contributed by atoms with E-state index in [-0.39, 0.29) is 30.7 Å². The van der Waals surface area contributed by atoms with E-state index in [1.54, 1.807) is 55.6 Å². The van der Waals surface area contributed by atoms with E-state index in [1.165, 1.54) is 18.7 Å². The topological polar surface area (TPSA) is 84.9 Å². The molecule has 0 unspecified atom stereocenters. The van der Waals surface area contributed by atoms with Crippen LogP contribution in [0.1, 0.15) is 24.2 Å². The Labute approximate surface area is 164 Å².